The van der Waals surface area contributed by atoms with E-state index in [0.29, 0.717) is 5.75 Å². The van der Waals surface area contributed by atoms with Gasteiger partial charge in [0.2, 0.25) is 0 Å². The number of carboxylic acid groups (broad SMARTS) is 1. The van der Waals surface area contributed by atoms with E-state index in [-0.39, 0.29) is 6.61 Å². The van der Waals surface area contributed by atoms with Crippen LogP contribution in [0.2, 0.25) is 0 Å². The van der Waals surface area contributed by atoms with Crippen molar-refractivity contribution >= 4 is 55.2 Å². The first-order chi connectivity index (χ1) is 14.0. The van der Waals surface area contributed by atoms with Gasteiger partial charge in [-0.05, 0) is 56.9 Å². The molecule has 0 heterocycles. The largest absolute Gasteiger partial charge is 0.482 e. The zero-order chi connectivity index (χ0) is 20.6. The summed E-state index contributed by atoms with van der Waals surface area (Å²) >= 11 is 8.90. The van der Waals surface area contributed by atoms with Gasteiger partial charge in [-0.2, -0.15) is 0 Å². The molecular formula is C23H18Br2O3S. The highest BCUT2D eigenvalue weighted by atomic mass is 79.9. The predicted octanol–water partition coefficient (Wildman–Crippen LogP) is 6.90. The number of aliphatic carboxylic acids is 1. The number of hydrogen-bond acceptors (Lipinski definition) is 3. The molecule has 0 unspecified atom stereocenters. The summed E-state index contributed by atoms with van der Waals surface area (Å²) in [5, 5.41) is 8.72. The van der Waals surface area contributed by atoms with Crippen LogP contribution in [0, 0.1) is 0 Å². The maximum absolute atomic E-state index is 10.6. The number of rotatable bonds is 8. The van der Waals surface area contributed by atoms with Gasteiger partial charge in [0.05, 0.1) is 0 Å². The van der Waals surface area contributed by atoms with Crippen LogP contribution in [0.25, 0.3) is 5.57 Å². The Morgan fingerprint density at radius 3 is 2.38 bits per heavy atom. The minimum Gasteiger partial charge on any atom is -0.482 e. The maximum Gasteiger partial charge on any atom is 0.341 e. The van der Waals surface area contributed by atoms with E-state index >= 15 is 0 Å². The van der Waals surface area contributed by atoms with Crippen LogP contribution in [0.3, 0.4) is 0 Å². The van der Waals surface area contributed by atoms with Crippen LogP contribution in [0.15, 0.2) is 92.7 Å². The monoisotopic (exact) mass is 532 g/mol. The Bertz CT molecular complexity index is 1020. The summed E-state index contributed by atoms with van der Waals surface area (Å²) in [6.07, 6.45) is 2.22. The lowest BCUT2D eigenvalue weighted by Crippen LogP contribution is -2.09. The van der Waals surface area contributed by atoms with Gasteiger partial charge >= 0.3 is 5.97 Å². The molecule has 3 nitrogen and oxygen atoms in total. The standard InChI is InChI=1S/C23H18Br2O3S/c24-20-9-5-4-8-19(20)18(16-6-2-1-3-7-16)12-13-29-22-11-10-17(14-21(22)25)28-15-23(26)27/h1-12,14H,13,15H2,(H,26,27)/b18-12-. The summed E-state index contributed by atoms with van der Waals surface area (Å²) in [6.45, 7) is -0.353. The van der Waals surface area contributed by atoms with Crippen molar-refractivity contribution < 1.29 is 14.6 Å². The Morgan fingerprint density at radius 1 is 0.966 bits per heavy atom. The molecule has 0 saturated carbocycles. The summed E-state index contributed by atoms with van der Waals surface area (Å²) in [7, 11) is 0. The number of carbonyl (C=O) groups is 1. The topological polar surface area (TPSA) is 46.5 Å². The summed E-state index contributed by atoms with van der Waals surface area (Å²) < 4.78 is 7.15. The minimum absolute atomic E-state index is 0.353. The molecule has 0 spiro atoms. The number of benzene rings is 3. The summed E-state index contributed by atoms with van der Waals surface area (Å²) in [5.41, 5.74) is 3.48. The van der Waals surface area contributed by atoms with Crippen molar-refractivity contribution in [2.45, 2.75) is 4.90 Å². The van der Waals surface area contributed by atoms with Gasteiger partial charge in [0.25, 0.3) is 0 Å². The van der Waals surface area contributed by atoms with Crippen LogP contribution in [0.4, 0.5) is 0 Å². The third kappa shape index (κ3) is 6.23. The van der Waals surface area contributed by atoms with E-state index in [2.05, 4.69) is 56.1 Å². The number of carboxylic acids is 1. The van der Waals surface area contributed by atoms with Crippen LogP contribution < -0.4 is 4.74 Å². The highest BCUT2D eigenvalue weighted by Gasteiger charge is 2.09. The SMILES string of the molecule is O=C(O)COc1ccc(SC/C=C(/c2ccccc2)c2ccccc2Br)c(Br)c1. The van der Waals surface area contributed by atoms with Gasteiger partial charge in [0.1, 0.15) is 5.75 Å². The van der Waals surface area contributed by atoms with Crippen molar-refractivity contribution in [2.24, 2.45) is 0 Å². The van der Waals surface area contributed by atoms with E-state index in [0.717, 1.165) is 30.7 Å². The fourth-order valence-electron chi connectivity index (χ4n) is 2.73. The molecule has 1 N–H and O–H groups in total. The fraction of sp³-hybridized carbons (Fsp3) is 0.0870. The Morgan fingerprint density at radius 2 is 1.69 bits per heavy atom. The van der Waals surface area contributed by atoms with Gasteiger partial charge in [-0.15, -0.1) is 11.8 Å². The molecule has 148 valence electrons. The first-order valence-electron chi connectivity index (χ1n) is 8.82. The molecule has 0 aliphatic heterocycles. The van der Waals surface area contributed by atoms with Crippen molar-refractivity contribution in [3.05, 3.63) is 98.9 Å². The lowest BCUT2D eigenvalue weighted by Gasteiger charge is -2.11. The molecule has 0 aliphatic rings. The van der Waals surface area contributed by atoms with Crippen LogP contribution in [0.1, 0.15) is 11.1 Å². The number of halogens is 2. The first kappa shape index (κ1) is 21.7. The molecule has 0 atom stereocenters. The van der Waals surface area contributed by atoms with Gasteiger partial charge in [-0.25, -0.2) is 4.79 Å². The number of ether oxygens (including phenoxy) is 1. The highest BCUT2D eigenvalue weighted by Crippen LogP contribution is 2.34. The Labute approximate surface area is 191 Å². The summed E-state index contributed by atoms with van der Waals surface area (Å²) in [4.78, 5) is 11.7. The molecular weight excluding hydrogens is 516 g/mol. The molecule has 3 aromatic rings. The second-order valence-electron chi connectivity index (χ2n) is 6.05. The quantitative estimate of drug-likeness (QED) is 0.320. The van der Waals surface area contributed by atoms with Crippen LogP contribution >= 0.6 is 43.6 Å². The lowest BCUT2D eigenvalue weighted by atomic mass is 9.98. The van der Waals surface area contributed by atoms with Crippen LogP contribution in [0.5, 0.6) is 5.75 Å². The molecule has 0 aliphatic carbocycles. The zero-order valence-electron chi connectivity index (χ0n) is 15.3. The normalized spacial score (nSPS) is 11.3. The van der Waals surface area contributed by atoms with Crippen LogP contribution in [-0.4, -0.2) is 23.4 Å². The van der Waals surface area contributed by atoms with Crippen molar-refractivity contribution in [2.75, 3.05) is 12.4 Å². The molecule has 6 heteroatoms. The minimum atomic E-state index is -0.995. The predicted molar refractivity (Wildman–Crippen MR) is 126 cm³/mol. The maximum atomic E-state index is 10.6. The van der Waals surface area contributed by atoms with Crippen LogP contribution in [-0.2, 0) is 4.79 Å². The van der Waals surface area contributed by atoms with E-state index in [4.69, 9.17) is 9.84 Å². The Balaban J connectivity index is 1.78. The molecule has 0 radical (unpaired) electrons. The van der Waals surface area contributed by atoms with Crippen molar-refractivity contribution in [3.63, 3.8) is 0 Å². The van der Waals surface area contributed by atoms with Gasteiger partial charge in [0, 0.05) is 19.6 Å². The molecule has 0 bridgehead atoms. The summed E-state index contributed by atoms with van der Waals surface area (Å²) in [5.74, 6) is 0.307. The van der Waals surface area contributed by atoms with E-state index in [9.17, 15) is 4.79 Å². The third-order valence-corrected chi connectivity index (χ3v) is 6.65. The van der Waals surface area contributed by atoms with E-state index < -0.39 is 5.97 Å². The smallest absolute Gasteiger partial charge is 0.341 e. The second-order valence-corrected chi connectivity index (χ2v) is 8.82. The first-order valence-corrected chi connectivity index (χ1v) is 11.4. The number of thioether (sulfide) groups is 1. The molecule has 0 fully saturated rings. The molecule has 29 heavy (non-hydrogen) atoms. The third-order valence-electron chi connectivity index (χ3n) is 4.04. The fourth-order valence-corrected chi connectivity index (χ4v) is 4.72. The van der Waals surface area contributed by atoms with Gasteiger partial charge in [0.15, 0.2) is 6.61 Å². The number of hydrogen-bond donors (Lipinski definition) is 1. The summed E-state index contributed by atoms with van der Waals surface area (Å²) in [6, 6.07) is 24.0. The lowest BCUT2D eigenvalue weighted by molar-refractivity contribution is -0.139. The van der Waals surface area contributed by atoms with Gasteiger partial charge in [-0.3, -0.25) is 0 Å². The highest BCUT2D eigenvalue weighted by molar-refractivity contribution is 9.10. The average Bonchev–Trinajstić information content (AvgIpc) is 2.72. The van der Waals surface area contributed by atoms with Crippen molar-refractivity contribution in [1.29, 1.82) is 0 Å². The Kier molecular flexibility index (Phi) is 7.98. The Hall–Kier alpha value is -2.02. The molecule has 3 aromatic carbocycles. The van der Waals surface area contributed by atoms with Crippen molar-refractivity contribution in [1.82, 2.24) is 0 Å². The van der Waals surface area contributed by atoms with E-state index in [1.54, 1.807) is 23.9 Å². The van der Waals surface area contributed by atoms with Gasteiger partial charge in [-0.1, -0.05) is 70.5 Å². The molecule has 0 amide bonds. The van der Waals surface area contributed by atoms with Gasteiger partial charge < -0.3 is 9.84 Å². The average molecular weight is 534 g/mol. The molecule has 0 saturated heterocycles. The zero-order valence-corrected chi connectivity index (χ0v) is 19.3. The van der Waals surface area contributed by atoms with Crippen molar-refractivity contribution in [3.8, 4) is 5.75 Å². The molecule has 3 rings (SSSR count). The van der Waals surface area contributed by atoms with E-state index in [1.807, 2.05) is 42.5 Å². The van der Waals surface area contributed by atoms with E-state index in [1.165, 1.54) is 5.57 Å². The molecule has 0 aromatic heterocycles. The second kappa shape index (κ2) is 10.7.